The number of quaternary nitrogens is 1. The lowest BCUT2D eigenvalue weighted by atomic mass is 10.0. The van der Waals surface area contributed by atoms with E-state index < -0.39 is 19.7 Å². The number of carboxylic acids is 1. The van der Waals surface area contributed by atoms with Crippen LogP contribution in [0.15, 0.2) is 24.3 Å². The lowest BCUT2D eigenvalue weighted by Gasteiger charge is -2.29. The Balaban J connectivity index is 2.38. The molecular formula is C24H43NO5P+. The van der Waals surface area contributed by atoms with Gasteiger partial charge >= 0.3 is 13.6 Å². The van der Waals surface area contributed by atoms with Crippen LogP contribution in [0.3, 0.4) is 0 Å². The second-order valence-corrected chi connectivity index (χ2v) is 11.5. The fourth-order valence-electron chi connectivity index (χ4n) is 3.74. The van der Waals surface area contributed by atoms with Gasteiger partial charge in [0.2, 0.25) is 0 Å². The highest BCUT2D eigenvalue weighted by Gasteiger charge is 2.30. The summed E-state index contributed by atoms with van der Waals surface area (Å²) in [6, 6.07) is 8.75. The van der Waals surface area contributed by atoms with Gasteiger partial charge in [0.1, 0.15) is 12.6 Å². The van der Waals surface area contributed by atoms with Gasteiger partial charge in [-0.05, 0) is 43.2 Å². The van der Waals surface area contributed by atoms with Crippen molar-refractivity contribution >= 4 is 13.6 Å². The van der Waals surface area contributed by atoms with Crippen LogP contribution in [-0.4, -0.2) is 60.4 Å². The van der Waals surface area contributed by atoms with Crippen LogP contribution in [-0.2, 0) is 26.7 Å². The summed E-state index contributed by atoms with van der Waals surface area (Å²) < 4.78 is 18.3. The van der Waals surface area contributed by atoms with Crippen LogP contribution in [0.25, 0.3) is 0 Å². The van der Waals surface area contributed by atoms with E-state index in [4.69, 9.17) is 9.63 Å². The molecule has 31 heavy (non-hydrogen) atoms. The minimum atomic E-state index is -3.80. The summed E-state index contributed by atoms with van der Waals surface area (Å²) in [6.07, 6.45) is 8.57. The van der Waals surface area contributed by atoms with Crippen LogP contribution in [0.4, 0.5) is 0 Å². The number of hydrogen-bond acceptors (Lipinski definition) is 3. The maximum absolute atomic E-state index is 12.4. The fraction of sp³-hybridized carbons (Fsp3) is 0.708. The maximum atomic E-state index is 12.4. The summed E-state index contributed by atoms with van der Waals surface area (Å²) >= 11 is 0. The summed E-state index contributed by atoms with van der Waals surface area (Å²) in [7, 11) is 1.91. The molecule has 1 rings (SSSR count). The van der Waals surface area contributed by atoms with Gasteiger partial charge in [-0.2, -0.15) is 0 Å². The molecule has 2 unspecified atom stereocenters. The quantitative estimate of drug-likeness (QED) is 0.189. The highest BCUT2D eigenvalue weighted by atomic mass is 31.2. The summed E-state index contributed by atoms with van der Waals surface area (Å²) in [5.74, 6) is -1.02. The molecule has 0 saturated heterocycles. The van der Waals surface area contributed by atoms with E-state index in [-0.39, 0.29) is 12.6 Å². The Hall–Kier alpha value is -1.20. The number of nitrogens with zero attached hydrogens (tertiary/aromatic N) is 1. The number of carboxylic acid groups (broad SMARTS) is 1. The van der Waals surface area contributed by atoms with Crippen molar-refractivity contribution in [1.29, 1.82) is 0 Å². The largest absolute Gasteiger partial charge is 0.481 e. The minimum absolute atomic E-state index is 0.0672. The Morgan fingerprint density at radius 1 is 1.03 bits per heavy atom. The normalized spacial score (nSPS) is 14.9. The smallest absolute Gasteiger partial charge is 0.328 e. The molecule has 0 heterocycles. The van der Waals surface area contributed by atoms with Crippen LogP contribution in [0.5, 0.6) is 0 Å². The second kappa shape index (κ2) is 14.1. The Morgan fingerprint density at radius 2 is 1.61 bits per heavy atom. The molecule has 0 aliphatic rings. The van der Waals surface area contributed by atoms with Crippen molar-refractivity contribution in [3.63, 3.8) is 0 Å². The van der Waals surface area contributed by atoms with E-state index in [1.165, 1.54) is 36.8 Å². The third-order valence-corrected chi connectivity index (χ3v) is 6.69. The molecule has 1 aromatic carbocycles. The Morgan fingerprint density at radius 3 is 2.13 bits per heavy atom. The molecule has 0 amide bonds. The summed E-state index contributed by atoms with van der Waals surface area (Å²) in [5, 5.41) is 9.06. The first-order valence-corrected chi connectivity index (χ1v) is 13.4. The van der Waals surface area contributed by atoms with Gasteiger partial charge in [-0.1, -0.05) is 56.9 Å². The summed E-state index contributed by atoms with van der Waals surface area (Å²) in [4.78, 5) is 21.3. The first-order chi connectivity index (χ1) is 14.5. The van der Waals surface area contributed by atoms with E-state index in [1.807, 2.05) is 21.1 Å². The van der Waals surface area contributed by atoms with E-state index in [9.17, 15) is 14.3 Å². The van der Waals surface area contributed by atoms with Crippen molar-refractivity contribution in [2.45, 2.75) is 77.2 Å². The van der Waals surface area contributed by atoms with Gasteiger partial charge in [0.15, 0.2) is 0 Å². The monoisotopic (exact) mass is 456 g/mol. The Labute approximate surface area is 188 Å². The first-order valence-electron chi connectivity index (χ1n) is 11.6. The number of aliphatic carboxylic acids is 1. The predicted molar refractivity (Wildman–Crippen MR) is 127 cm³/mol. The third kappa shape index (κ3) is 14.5. The zero-order valence-corrected chi connectivity index (χ0v) is 20.8. The van der Waals surface area contributed by atoms with E-state index >= 15 is 0 Å². The molecule has 0 aromatic heterocycles. The molecule has 0 aliphatic heterocycles. The van der Waals surface area contributed by atoms with Gasteiger partial charge in [-0.15, -0.1) is 0 Å². The van der Waals surface area contributed by atoms with E-state index in [0.29, 0.717) is 17.4 Å². The van der Waals surface area contributed by atoms with Crippen LogP contribution in [0, 0.1) is 0 Å². The number of unbranched alkanes of at least 4 members (excludes halogenated alkanes) is 5. The maximum Gasteiger partial charge on any atom is 0.328 e. The molecule has 7 heteroatoms. The molecule has 6 nitrogen and oxygen atoms in total. The number of benzene rings is 1. The molecule has 178 valence electrons. The molecule has 0 spiro atoms. The highest BCUT2D eigenvalue weighted by Crippen LogP contribution is 2.45. The van der Waals surface area contributed by atoms with Gasteiger partial charge in [-0.25, -0.2) is 0 Å². The average molecular weight is 457 g/mol. The van der Waals surface area contributed by atoms with Crippen LogP contribution in [0.1, 0.15) is 69.4 Å². The molecule has 2 N–H and O–H groups in total. The van der Waals surface area contributed by atoms with Crippen molar-refractivity contribution in [2.24, 2.45) is 0 Å². The van der Waals surface area contributed by atoms with Crippen molar-refractivity contribution < 1.29 is 28.4 Å². The van der Waals surface area contributed by atoms with Gasteiger partial charge in [0.25, 0.3) is 0 Å². The number of likely N-dealkylation sites (N-methyl/N-ethyl adjacent to an activating group) is 1. The number of carbonyl (C=O) groups is 1. The standard InChI is InChI=1S/C24H42NO5P/c1-5-6-7-9-13-21-15-12-16-22(18-21)14-10-8-11-17-31(28,29)30-23(19-24(26)27)20-25(2,3)4/h12,15-16,18,23H,5-11,13-14,17,19-20H2,1-4H3,(H-,26,27,28,29)/p+1. The molecule has 0 radical (unpaired) electrons. The van der Waals surface area contributed by atoms with Gasteiger partial charge < -0.3 is 14.5 Å². The van der Waals surface area contributed by atoms with Crippen LogP contribution in [0.2, 0.25) is 0 Å². The summed E-state index contributed by atoms with van der Waals surface area (Å²) in [6.45, 7) is 2.59. The molecule has 0 saturated carbocycles. The Kier molecular flexibility index (Phi) is 12.6. The van der Waals surface area contributed by atoms with Crippen LogP contribution >= 0.6 is 7.60 Å². The molecule has 1 aromatic rings. The van der Waals surface area contributed by atoms with Gasteiger partial charge in [0, 0.05) is 6.16 Å². The Bertz CT molecular complexity index is 701. The number of aryl methyl sites for hydroxylation is 2. The lowest BCUT2D eigenvalue weighted by Crippen LogP contribution is -2.42. The zero-order chi connectivity index (χ0) is 23.3. The molecule has 0 fully saturated rings. The van der Waals surface area contributed by atoms with E-state index in [2.05, 4.69) is 31.2 Å². The predicted octanol–water partition coefficient (Wildman–Crippen LogP) is 5.27. The topological polar surface area (TPSA) is 83.8 Å². The third-order valence-electron chi connectivity index (χ3n) is 5.18. The van der Waals surface area contributed by atoms with Crippen molar-refractivity contribution in [3.8, 4) is 0 Å². The molecule has 0 aliphatic carbocycles. The highest BCUT2D eigenvalue weighted by molar-refractivity contribution is 7.52. The number of hydrogen-bond donors (Lipinski definition) is 2. The van der Waals surface area contributed by atoms with Crippen molar-refractivity contribution in [2.75, 3.05) is 33.8 Å². The first kappa shape index (κ1) is 27.8. The number of rotatable bonds is 17. The van der Waals surface area contributed by atoms with Crippen molar-refractivity contribution in [1.82, 2.24) is 0 Å². The molecule has 0 bridgehead atoms. The lowest BCUT2D eigenvalue weighted by molar-refractivity contribution is -0.873. The average Bonchev–Trinajstić information content (AvgIpc) is 2.63. The SMILES string of the molecule is CCCCCCc1cccc(CCCCCP(=O)(O)OC(CC(=O)O)C[N+](C)(C)C)c1. The summed E-state index contributed by atoms with van der Waals surface area (Å²) in [5.41, 5.74) is 2.71. The molecule has 2 atom stereocenters. The van der Waals surface area contributed by atoms with E-state index in [1.54, 1.807) is 0 Å². The van der Waals surface area contributed by atoms with E-state index in [0.717, 1.165) is 25.7 Å². The van der Waals surface area contributed by atoms with Crippen LogP contribution < -0.4 is 0 Å². The fourth-order valence-corrected chi connectivity index (χ4v) is 5.08. The van der Waals surface area contributed by atoms with Gasteiger partial charge in [-0.3, -0.25) is 13.9 Å². The molecular weight excluding hydrogens is 413 g/mol. The zero-order valence-electron chi connectivity index (χ0n) is 19.9. The van der Waals surface area contributed by atoms with Crippen molar-refractivity contribution in [3.05, 3.63) is 35.4 Å². The van der Waals surface area contributed by atoms with Gasteiger partial charge in [0.05, 0.1) is 27.6 Å². The second-order valence-electron chi connectivity index (χ2n) is 9.60. The minimum Gasteiger partial charge on any atom is -0.481 e.